The molecule has 0 unspecified atom stereocenters. The second-order valence-electron chi connectivity index (χ2n) is 5.53. The Balaban J connectivity index is 2.26. The molecule has 1 heterocycles. The molecule has 0 bridgehead atoms. The normalized spacial score (nSPS) is 11.5. The minimum absolute atomic E-state index is 0.342. The van der Waals surface area contributed by atoms with Gasteiger partial charge in [0.25, 0.3) is 0 Å². The van der Waals surface area contributed by atoms with Crippen molar-refractivity contribution in [2.45, 2.75) is 19.8 Å². The summed E-state index contributed by atoms with van der Waals surface area (Å²) in [5.74, 6) is 0.342. The number of fused-ring (bicyclic) bond motifs is 4. The maximum absolute atomic E-state index is 10.7. The van der Waals surface area contributed by atoms with E-state index in [1.54, 1.807) is 0 Å². The van der Waals surface area contributed by atoms with Crippen molar-refractivity contribution in [3.05, 3.63) is 54.1 Å². The van der Waals surface area contributed by atoms with Crippen LogP contribution in [0.5, 0.6) is 5.75 Å². The van der Waals surface area contributed by atoms with Crippen molar-refractivity contribution < 1.29 is 5.11 Å². The molecule has 0 atom stereocenters. The molecule has 0 radical (unpaired) electrons. The van der Waals surface area contributed by atoms with Crippen molar-refractivity contribution >= 4 is 32.8 Å². The van der Waals surface area contributed by atoms with E-state index < -0.39 is 0 Å². The van der Waals surface area contributed by atoms with Gasteiger partial charge in [0.2, 0.25) is 0 Å². The van der Waals surface area contributed by atoms with Crippen molar-refractivity contribution in [2.75, 3.05) is 0 Å². The lowest BCUT2D eigenvalue weighted by molar-refractivity contribution is 0.475. The Morgan fingerprint density at radius 3 is 2.09 bits per heavy atom. The van der Waals surface area contributed by atoms with Crippen molar-refractivity contribution in [3.8, 4) is 5.75 Å². The van der Waals surface area contributed by atoms with E-state index in [1.807, 2.05) is 48.5 Å². The number of aromatic hydroxyl groups is 1. The van der Waals surface area contributed by atoms with E-state index in [9.17, 15) is 5.11 Å². The highest BCUT2D eigenvalue weighted by atomic mass is 16.3. The van der Waals surface area contributed by atoms with E-state index >= 15 is 0 Å². The average Bonchev–Trinajstić information content (AvgIpc) is 2.57. The Morgan fingerprint density at radius 2 is 1.41 bits per heavy atom. The SMILES string of the molecule is CCCc1c(O)c2ccccc2c2nc3ccccc3nc12. The topological polar surface area (TPSA) is 46.0 Å². The molecule has 0 aliphatic heterocycles. The Labute approximate surface area is 128 Å². The van der Waals surface area contributed by atoms with Gasteiger partial charge in [-0.25, -0.2) is 9.97 Å². The molecule has 1 aromatic heterocycles. The Kier molecular flexibility index (Phi) is 2.93. The lowest BCUT2D eigenvalue weighted by Crippen LogP contribution is -1.96. The van der Waals surface area contributed by atoms with Crippen LogP contribution in [0, 0.1) is 0 Å². The van der Waals surface area contributed by atoms with Crippen LogP contribution in [-0.2, 0) is 6.42 Å². The molecule has 0 aliphatic carbocycles. The maximum atomic E-state index is 10.7. The number of phenols is 1. The summed E-state index contributed by atoms with van der Waals surface area (Å²) in [5, 5.41) is 12.5. The van der Waals surface area contributed by atoms with Gasteiger partial charge < -0.3 is 5.11 Å². The van der Waals surface area contributed by atoms with Gasteiger partial charge in [0.05, 0.1) is 22.1 Å². The highest BCUT2D eigenvalue weighted by molar-refractivity contribution is 6.10. The van der Waals surface area contributed by atoms with Crippen molar-refractivity contribution in [1.29, 1.82) is 0 Å². The third kappa shape index (κ3) is 1.82. The number of benzene rings is 3. The van der Waals surface area contributed by atoms with Crippen molar-refractivity contribution in [3.63, 3.8) is 0 Å². The second-order valence-corrected chi connectivity index (χ2v) is 5.53. The third-order valence-electron chi connectivity index (χ3n) is 4.08. The molecule has 3 heteroatoms. The van der Waals surface area contributed by atoms with E-state index in [2.05, 4.69) is 6.92 Å². The molecule has 0 saturated heterocycles. The first-order valence-electron chi connectivity index (χ1n) is 7.58. The minimum Gasteiger partial charge on any atom is -0.507 e. The summed E-state index contributed by atoms with van der Waals surface area (Å²) in [7, 11) is 0. The van der Waals surface area contributed by atoms with Crippen LogP contribution in [-0.4, -0.2) is 15.1 Å². The first kappa shape index (κ1) is 13.0. The van der Waals surface area contributed by atoms with Crippen LogP contribution in [0.1, 0.15) is 18.9 Å². The van der Waals surface area contributed by atoms with Gasteiger partial charge in [0.1, 0.15) is 5.75 Å². The fraction of sp³-hybridized carbons (Fsp3) is 0.158. The van der Waals surface area contributed by atoms with E-state index in [0.717, 1.165) is 51.2 Å². The molecule has 4 rings (SSSR count). The average molecular weight is 288 g/mol. The van der Waals surface area contributed by atoms with E-state index in [0.29, 0.717) is 5.75 Å². The highest BCUT2D eigenvalue weighted by Gasteiger charge is 2.15. The number of para-hydroxylation sites is 2. The number of aromatic nitrogens is 2. The molecule has 0 aliphatic rings. The highest BCUT2D eigenvalue weighted by Crippen LogP contribution is 2.36. The summed E-state index contributed by atoms with van der Waals surface area (Å²) in [6.07, 6.45) is 1.75. The summed E-state index contributed by atoms with van der Waals surface area (Å²) in [6, 6.07) is 15.7. The van der Waals surface area contributed by atoms with Gasteiger partial charge in [-0.15, -0.1) is 0 Å². The monoisotopic (exact) mass is 288 g/mol. The molecule has 0 spiro atoms. The number of hydrogen-bond acceptors (Lipinski definition) is 3. The summed E-state index contributed by atoms with van der Waals surface area (Å²) >= 11 is 0. The smallest absolute Gasteiger partial charge is 0.128 e. The molecule has 0 amide bonds. The molecule has 4 aromatic rings. The number of nitrogens with zero attached hydrogens (tertiary/aromatic N) is 2. The predicted octanol–water partition coefficient (Wildman–Crippen LogP) is 4.59. The minimum atomic E-state index is 0.342. The van der Waals surface area contributed by atoms with Crippen LogP contribution >= 0.6 is 0 Å². The number of rotatable bonds is 2. The molecular formula is C19H16N2O. The zero-order valence-electron chi connectivity index (χ0n) is 12.4. The largest absolute Gasteiger partial charge is 0.507 e. The van der Waals surface area contributed by atoms with E-state index in [4.69, 9.17) is 9.97 Å². The predicted molar refractivity (Wildman–Crippen MR) is 90.2 cm³/mol. The Hall–Kier alpha value is -2.68. The molecule has 22 heavy (non-hydrogen) atoms. The van der Waals surface area contributed by atoms with E-state index in [-0.39, 0.29) is 0 Å². The molecule has 0 fully saturated rings. The summed E-state index contributed by atoms with van der Waals surface area (Å²) < 4.78 is 0. The standard InChI is InChI=1S/C19H16N2O/c1-2-7-14-18-17(12-8-3-4-9-13(12)19(14)22)20-15-10-5-6-11-16(15)21-18/h3-6,8-11,22H,2,7H2,1H3. The summed E-state index contributed by atoms with van der Waals surface area (Å²) in [6.45, 7) is 2.11. The fourth-order valence-corrected chi connectivity index (χ4v) is 3.06. The van der Waals surface area contributed by atoms with Crippen LogP contribution in [0.4, 0.5) is 0 Å². The van der Waals surface area contributed by atoms with Gasteiger partial charge in [-0.1, -0.05) is 49.7 Å². The summed E-state index contributed by atoms with van der Waals surface area (Å²) in [5.41, 5.74) is 4.33. The van der Waals surface area contributed by atoms with Gasteiger partial charge in [0, 0.05) is 16.3 Å². The molecule has 108 valence electrons. The molecule has 0 saturated carbocycles. The first-order chi connectivity index (χ1) is 10.8. The van der Waals surface area contributed by atoms with Crippen LogP contribution in [0.15, 0.2) is 48.5 Å². The third-order valence-corrected chi connectivity index (χ3v) is 4.08. The molecule has 3 aromatic carbocycles. The fourth-order valence-electron chi connectivity index (χ4n) is 3.06. The second kappa shape index (κ2) is 4.95. The summed E-state index contributed by atoms with van der Waals surface area (Å²) in [4.78, 5) is 9.60. The Morgan fingerprint density at radius 1 is 0.818 bits per heavy atom. The van der Waals surface area contributed by atoms with Gasteiger partial charge in [-0.05, 0) is 18.6 Å². The first-order valence-corrected chi connectivity index (χ1v) is 7.58. The van der Waals surface area contributed by atoms with Crippen LogP contribution in [0.3, 0.4) is 0 Å². The van der Waals surface area contributed by atoms with Crippen molar-refractivity contribution in [2.24, 2.45) is 0 Å². The van der Waals surface area contributed by atoms with Gasteiger partial charge in [-0.3, -0.25) is 0 Å². The van der Waals surface area contributed by atoms with E-state index in [1.165, 1.54) is 0 Å². The quantitative estimate of drug-likeness (QED) is 0.433. The number of hydrogen-bond donors (Lipinski definition) is 1. The lowest BCUT2D eigenvalue weighted by Gasteiger charge is -2.12. The number of phenolic OH excluding ortho intramolecular Hbond substituents is 1. The van der Waals surface area contributed by atoms with Crippen molar-refractivity contribution in [1.82, 2.24) is 9.97 Å². The van der Waals surface area contributed by atoms with Crippen LogP contribution in [0.2, 0.25) is 0 Å². The van der Waals surface area contributed by atoms with Gasteiger partial charge in [-0.2, -0.15) is 0 Å². The molecular weight excluding hydrogens is 272 g/mol. The molecule has 3 nitrogen and oxygen atoms in total. The van der Waals surface area contributed by atoms with Crippen LogP contribution in [0.25, 0.3) is 32.8 Å². The number of aryl methyl sites for hydroxylation is 1. The Bertz CT molecular complexity index is 1010. The van der Waals surface area contributed by atoms with Gasteiger partial charge >= 0.3 is 0 Å². The van der Waals surface area contributed by atoms with Gasteiger partial charge in [0.15, 0.2) is 0 Å². The van der Waals surface area contributed by atoms with Crippen LogP contribution < -0.4 is 0 Å². The maximum Gasteiger partial charge on any atom is 0.128 e. The zero-order valence-corrected chi connectivity index (χ0v) is 12.4. The molecule has 1 N–H and O–H groups in total. The zero-order chi connectivity index (χ0) is 15.1. The lowest BCUT2D eigenvalue weighted by atomic mass is 9.99.